The lowest BCUT2D eigenvalue weighted by molar-refractivity contribution is 0.0997. The van der Waals surface area contributed by atoms with E-state index in [2.05, 4.69) is 15.0 Å². The van der Waals surface area contributed by atoms with E-state index in [1.54, 1.807) is 18.6 Å². The van der Waals surface area contributed by atoms with Crippen LogP contribution in [0.25, 0.3) is 0 Å². The largest absolute Gasteiger partial charge is 0.393 e. The van der Waals surface area contributed by atoms with Crippen LogP contribution in [0, 0.1) is 0 Å². The van der Waals surface area contributed by atoms with E-state index in [4.69, 9.17) is 5.11 Å². The highest BCUT2D eigenvalue weighted by Gasteiger charge is 1.83. The minimum absolute atomic E-state index is 0.0202. The van der Waals surface area contributed by atoms with Crippen molar-refractivity contribution >= 4 is 6.21 Å². The molecule has 1 heterocycles. The first kappa shape index (κ1) is 8.67. The second-order valence-corrected chi connectivity index (χ2v) is 2.07. The van der Waals surface area contributed by atoms with Gasteiger partial charge in [-0.3, -0.25) is 4.98 Å². The molecule has 0 bridgehead atoms. The SMILES string of the molecule is OCCO/N=C/c1ccncc1. The number of aliphatic hydroxyl groups excluding tert-OH is 1. The summed E-state index contributed by atoms with van der Waals surface area (Å²) in [6.07, 6.45) is 4.91. The zero-order valence-corrected chi connectivity index (χ0v) is 6.55. The molecule has 0 saturated carbocycles. The van der Waals surface area contributed by atoms with Crippen LogP contribution in [0.4, 0.5) is 0 Å². The van der Waals surface area contributed by atoms with Gasteiger partial charge in [-0.05, 0) is 17.7 Å². The number of hydrogen-bond acceptors (Lipinski definition) is 4. The van der Waals surface area contributed by atoms with Gasteiger partial charge >= 0.3 is 0 Å². The third kappa shape index (κ3) is 3.12. The molecule has 0 unspecified atom stereocenters. The first-order chi connectivity index (χ1) is 5.93. The summed E-state index contributed by atoms with van der Waals surface area (Å²) in [7, 11) is 0. The summed E-state index contributed by atoms with van der Waals surface area (Å²) < 4.78 is 0. The van der Waals surface area contributed by atoms with Gasteiger partial charge in [-0.15, -0.1) is 0 Å². The Morgan fingerprint density at radius 3 is 2.92 bits per heavy atom. The zero-order valence-electron chi connectivity index (χ0n) is 6.55. The molecule has 1 N–H and O–H groups in total. The van der Waals surface area contributed by atoms with Crippen LogP contribution < -0.4 is 0 Å². The summed E-state index contributed by atoms with van der Waals surface area (Å²) in [5.41, 5.74) is 0.919. The molecule has 0 aliphatic heterocycles. The Balaban J connectivity index is 2.36. The summed E-state index contributed by atoms with van der Waals surface area (Å²) in [5.74, 6) is 0. The molecule has 4 nitrogen and oxygen atoms in total. The third-order valence-electron chi connectivity index (χ3n) is 1.16. The molecule has 4 heteroatoms. The van der Waals surface area contributed by atoms with E-state index in [-0.39, 0.29) is 13.2 Å². The molecule has 64 valence electrons. The maximum Gasteiger partial charge on any atom is 0.140 e. The van der Waals surface area contributed by atoms with E-state index in [0.29, 0.717) is 0 Å². The lowest BCUT2D eigenvalue weighted by Crippen LogP contribution is -1.93. The van der Waals surface area contributed by atoms with Crippen LogP contribution in [0.1, 0.15) is 5.56 Å². The maximum absolute atomic E-state index is 8.35. The van der Waals surface area contributed by atoms with Crippen molar-refractivity contribution in [2.24, 2.45) is 5.16 Å². The molecule has 0 aliphatic rings. The Morgan fingerprint density at radius 2 is 2.25 bits per heavy atom. The molecule has 1 rings (SSSR count). The lowest BCUT2D eigenvalue weighted by Gasteiger charge is -1.93. The molecule has 1 aromatic heterocycles. The van der Waals surface area contributed by atoms with Crippen LogP contribution in [0.2, 0.25) is 0 Å². The van der Waals surface area contributed by atoms with Crippen molar-refractivity contribution in [1.82, 2.24) is 4.98 Å². The second kappa shape index (κ2) is 5.26. The molecule has 0 radical (unpaired) electrons. The standard InChI is InChI=1S/C8H10N2O2/c11-5-6-12-10-7-8-1-3-9-4-2-8/h1-4,7,11H,5-6H2/b10-7+. The van der Waals surface area contributed by atoms with Gasteiger partial charge in [0.25, 0.3) is 0 Å². The highest BCUT2D eigenvalue weighted by molar-refractivity contribution is 5.78. The van der Waals surface area contributed by atoms with Crippen molar-refractivity contribution < 1.29 is 9.94 Å². The maximum atomic E-state index is 8.35. The zero-order chi connectivity index (χ0) is 8.65. The minimum atomic E-state index is -0.0202. The van der Waals surface area contributed by atoms with Crippen molar-refractivity contribution in [2.45, 2.75) is 0 Å². The molecule has 1 aromatic rings. The van der Waals surface area contributed by atoms with Gasteiger partial charge in [0.05, 0.1) is 12.8 Å². The number of rotatable bonds is 4. The normalized spacial score (nSPS) is 10.4. The number of aromatic nitrogens is 1. The summed E-state index contributed by atoms with van der Waals surface area (Å²) >= 11 is 0. The van der Waals surface area contributed by atoms with Gasteiger partial charge in [0.15, 0.2) is 0 Å². The van der Waals surface area contributed by atoms with Crippen LogP contribution >= 0.6 is 0 Å². The van der Waals surface area contributed by atoms with Gasteiger partial charge in [-0.1, -0.05) is 5.16 Å². The van der Waals surface area contributed by atoms with Crippen molar-refractivity contribution in [3.63, 3.8) is 0 Å². The number of nitrogens with zero attached hydrogens (tertiary/aromatic N) is 2. The van der Waals surface area contributed by atoms with Crippen LogP contribution in [0.3, 0.4) is 0 Å². The van der Waals surface area contributed by atoms with Crippen molar-refractivity contribution in [3.8, 4) is 0 Å². The van der Waals surface area contributed by atoms with Crippen molar-refractivity contribution in [2.75, 3.05) is 13.2 Å². The monoisotopic (exact) mass is 166 g/mol. The van der Waals surface area contributed by atoms with Gasteiger partial charge in [-0.2, -0.15) is 0 Å². The second-order valence-electron chi connectivity index (χ2n) is 2.07. The summed E-state index contributed by atoms with van der Waals surface area (Å²) in [6, 6.07) is 3.62. The van der Waals surface area contributed by atoms with E-state index in [1.165, 1.54) is 0 Å². The molecule has 0 fully saturated rings. The topological polar surface area (TPSA) is 54.7 Å². The Labute approximate surface area is 70.5 Å². The predicted octanol–water partition coefficient (Wildman–Crippen LogP) is 0.424. The highest BCUT2D eigenvalue weighted by atomic mass is 16.6. The average molecular weight is 166 g/mol. The van der Waals surface area contributed by atoms with E-state index in [9.17, 15) is 0 Å². The Hall–Kier alpha value is -1.42. The smallest absolute Gasteiger partial charge is 0.140 e. The number of aliphatic hydroxyl groups is 1. The molecule has 0 aliphatic carbocycles. The van der Waals surface area contributed by atoms with Crippen LogP contribution in [-0.4, -0.2) is 29.5 Å². The predicted molar refractivity (Wildman–Crippen MR) is 44.9 cm³/mol. The molecule has 0 aromatic carbocycles. The number of hydrogen-bond donors (Lipinski definition) is 1. The average Bonchev–Trinajstić information content (AvgIpc) is 2.14. The molecule has 0 spiro atoms. The summed E-state index contributed by atoms with van der Waals surface area (Å²) in [6.45, 7) is 0.204. The molecular formula is C8H10N2O2. The fraction of sp³-hybridized carbons (Fsp3) is 0.250. The van der Waals surface area contributed by atoms with Crippen LogP contribution in [0.5, 0.6) is 0 Å². The number of pyridine rings is 1. The van der Waals surface area contributed by atoms with Crippen LogP contribution in [-0.2, 0) is 4.84 Å². The molecular weight excluding hydrogens is 156 g/mol. The van der Waals surface area contributed by atoms with E-state index in [0.717, 1.165) is 5.56 Å². The molecule has 0 saturated heterocycles. The van der Waals surface area contributed by atoms with Gasteiger partial charge in [-0.25, -0.2) is 0 Å². The molecule has 12 heavy (non-hydrogen) atoms. The van der Waals surface area contributed by atoms with Gasteiger partial charge in [0.1, 0.15) is 6.61 Å². The third-order valence-corrected chi connectivity index (χ3v) is 1.16. The number of oxime groups is 1. The van der Waals surface area contributed by atoms with Gasteiger partial charge in [0.2, 0.25) is 0 Å². The summed E-state index contributed by atoms with van der Waals surface area (Å²) in [4.78, 5) is 8.53. The fourth-order valence-electron chi connectivity index (χ4n) is 0.641. The minimum Gasteiger partial charge on any atom is -0.393 e. The van der Waals surface area contributed by atoms with Crippen molar-refractivity contribution in [3.05, 3.63) is 30.1 Å². The fourth-order valence-corrected chi connectivity index (χ4v) is 0.641. The van der Waals surface area contributed by atoms with E-state index >= 15 is 0 Å². The van der Waals surface area contributed by atoms with Crippen molar-refractivity contribution in [1.29, 1.82) is 0 Å². The van der Waals surface area contributed by atoms with E-state index < -0.39 is 0 Å². The van der Waals surface area contributed by atoms with Gasteiger partial charge in [0, 0.05) is 12.4 Å². The molecule has 0 atom stereocenters. The summed E-state index contributed by atoms with van der Waals surface area (Å²) in [5, 5.41) is 12.0. The lowest BCUT2D eigenvalue weighted by atomic mass is 10.3. The first-order valence-corrected chi connectivity index (χ1v) is 3.59. The van der Waals surface area contributed by atoms with E-state index in [1.807, 2.05) is 12.1 Å². The quantitative estimate of drug-likeness (QED) is 0.401. The Kier molecular flexibility index (Phi) is 3.80. The highest BCUT2D eigenvalue weighted by Crippen LogP contribution is 1.90. The van der Waals surface area contributed by atoms with Crippen LogP contribution in [0.15, 0.2) is 29.7 Å². The molecule has 0 amide bonds. The Bertz CT molecular complexity index is 236. The van der Waals surface area contributed by atoms with Gasteiger partial charge < -0.3 is 9.94 Å². The Morgan fingerprint density at radius 1 is 1.50 bits per heavy atom. The first-order valence-electron chi connectivity index (χ1n) is 3.59.